The molecular weight excluding hydrogens is 530 g/mol. The lowest BCUT2D eigenvalue weighted by Crippen LogP contribution is -2.49. The maximum atomic E-state index is 13.1. The number of aromatic nitrogens is 3. The zero-order valence-electron chi connectivity index (χ0n) is 24.4. The molecule has 6 rings (SSSR count). The van der Waals surface area contributed by atoms with Gasteiger partial charge in [-0.25, -0.2) is 14.8 Å². The summed E-state index contributed by atoms with van der Waals surface area (Å²) in [4.78, 5) is 34.1. The molecule has 2 aliphatic rings. The predicted octanol–water partition coefficient (Wildman–Crippen LogP) is 5.89. The highest BCUT2D eigenvalue weighted by Gasteiger charge is 2.30. The van der Waals surface area contributed by atoms with Crippen molar-refractivity contribution in [2.24, 2.45) is 4.99 Å². The number of methoxy groups -OCH3 is 1. The van der Waals surface area contributed by atoms with Crippen molar-refractivity contribution < 1.29 is 14.3 Å². The fourth-order valence-corrected chi connectivity index (χ4v) is 5.97. The van der Waals surface area contributed by atoms with E-state index >= 15 is 0 Å². The van der Waals surface area contributed by atoms with Crippen molar-refractivity contribution in [2.75, 3.05) is 37.0 Å². The summed E-state index contributed by atoms with van der Waals surface area (Å²) in [5.41, 5.74) is 5.87. The number of urea groups is 1. The first kappa shape index (κ1) is 27.6. The molecule has 218 valence electrons. The van der Waals surface area contributed by atoms with Crippen LogP contribution in [0.1, 0.15) is 42.3 Å². The third-order valence-corrected chi connectivity index (χ3v) is 8.27. The number of hydrogen-bond acceptors (Lipinski definition) is 7. The number of aryl methyl sites for hydroxylation is 2. The van der Waals surface area contributed by atoms with Gasteiger partial charge in [0.1, 0.15) is 28.9 Å². The molecule has 0 atom stereocenters. The first-order chi connectivity index (χ1) is 20.4. The molecule has 42 heavy (non-hydrogen) atoms. The van der Waals surface area contributed by atoms with Gasteiger partial charge in [-0.2, -0.15) is 0 Å². The van der Waals surface area contributed by atoms with Gasteiger partial charge < -0.3 is 29.6 Å². The lowest BCUT2D eigenvalue weighted by molar-refractivity contribution is 0.177. The average Bonchev–Trinajstić information content (AvgIpc) is 3.33. The summed E-state index contributed by atoms with van der Waals surface area (Å²) in [6, 6.07) is 12.0. The fourth-order valence-electron chi connectivity index (χ4n) is 5.97. The van der Waals surface area contributed by atoms with E-state index in [1.807, 2.05) is 54.4 Å². The average molecular weight is 568 g/mol. The van der Waals surface area contributed by atoms with Gasteiger partial charge in [-0.3, -0.25) is 4.99 Å². The van der Waals surface area contributed by atoms with Gasteiger partial charge in [0.25, 0.3) is 0 Å². The number of benzene rings is 2. The fraction of sp³-hybridized carbons (Fsp3) is 0.375. The van der Waals surface area contributed by atoms with E-state index in [1.54, 1.807) is 7.11 Å². The summed E-state index contributed by atoms with van der Waals surface area (Å²) in [5, 5.41) is 3.11. The largest absolute Gasteiger partial charge is 0.497 e. The summed E-state index contributed by atoms with van der Waals surface area (Å²) in [6.45, 7) is 10.5. The van der Waals surface area contributed by atoms with Crippen LogP contribution in [0, 0.1) is 6.92 Å². The zero-order valence-corrected chi connectivity index (χ0v) is 24.4. The number of imidazole rings is 1. The number of aromatic amines is 1. The smallest absolute Gasteiger partial charge is 0.322 e. The van der Waals surface area contributed by atoms with Gasteiger partial charge in [-0.05, 0) is 74.7 Å². The molecule has 0 aliphatic carbocycles. The third-order valence-electron chi connectivity index (χ3n) is 8.27. The Balaban J connectivity index is 1.15. The van der Waals surface area contributed by atoms with Gasteiger partial charge in [0, 0.05) is 55.3 Å². The van der Waals surface area contributed by atoms with Crippen LogP contribution in [-0.2, 0) is 19.4 Å². The minimum absolute atomic E-state index is 0.0316. The Morgan fingerprint density at radius 1 is 1.12 bits per heavy atom. The molecule has 0 saturated carbocycles. The summed E-state index contributed by atoms with van der Waals surface area (Å²) < 4.78 is 11.8. The van der Waals surface area contributed by atoms with Crippen LogP contribution in [0.5, 0.6) is 17.2 Å². The molecule has 10 nitrogen and oxygen atoms in total. The van der Waals surface area contributed by atoms with Crippen molar-refractivity contribution in [2.45, 2.75) is 52.1 Å². The Kier molecular flexibility index (Phi) is 7.69. The van der Waals surface area contributed by atoms with E-state index in [0.717, 1.165) is 101 Å². The maximum Gasteiger partial charge on any atom is 0.322 e. The highest BCUT2D eigenvalue weighted by atomic mass is 16.5. The van der Waals surface area contributed by atoms with Crippen molar-refractivity contribution in [1.82, 2.24) is 19.9 Å². The number of aliphatic imine (C=N–C) groups is 1. The number of carbonyl (C=O) groups is 1. The molecule has 1 saturated heterocycles. The van der Waals surface area contributed by atoms with E-state index in [9.17, 15) is 4.79 Å². The molecular formula is C32H37N7O3. The molecule has 0 radical (unpaired) electrons. The quantitative estimate of drug-likeness (QED) is 0.257. The van der Waals surface area contributed by atoms with Crippen molar-refractivity contribution in [3.05, 3.63) is 65.1 Å². The van der Waals surface area contributed by atoms with Crippen LogP contribution in [0.25, 0.3) is 11.0 Å². The standard InChI is InChI=1S/C32H37N7O3/c1-5-21-18-34-30(17-28(21)42-25-14-20(2)31-27(16-25)35-29(37-31)19-33-3)38-11-9-23(10-12-38)39-13-8-22-15-24(41-4)6-7-26(22)36-32(39)40/h6-7,14-18,23H,3,5,8-13,19H2,1-2,4H3,(H,35,37)(H,36,40). The van der Waals surface area contributed by atoms with Crippen LogP contribution in [-0.4, -0.2) is 65.4 Å². The van der Waals surface area contributed by atoms with Gasteiger partial charge in [0.15, 0.2) is 0 Å². The summed E-state index contributed by atoms with van der Waals surface area (Å²) >= 11 is 0. The van der Waals surface area contributed by atoms with Crippen molar-refractivity contribution >= 4 is 35.3 Å². The monoisotopic (exact) mass is 567 g/mol. The maximum absolute atomic E-state index is 13.1. The zero-order chi connectivity index (χ0) is 29.2. The number of ether oxygens (including phenoxy) is 2. The second-order valence-corrected chi connectivity index (χ2v) is 10.9. The van der Waals surface area contributed by atoms with E-state index in [-0.39, 0.29) is 12.1 Å². The van der Waals surface area contributed by atoms with E-state index < -0.39 is 0 Å². The van der Waals surface area contributed by atoms with Crippen molar-refractivity contribution in [3.63, 3.8) is 0 Å². The lowest BCUT2D eigenvalue weighted by Gasteiger charge is -2.38. The molecule has 1 fully saturated rings. The lowest BCUT2D eigenvalue weighted by atomic mass is 10.0. The highest BCUT2D eigenvalue weighted by Crippen LogP contribution is 2.33. The van der Waals surface area contributed by atoms with E-state index in [0.29, 0.717) is 13.1 Å². The van der Waals surface area contributed by atoms with Crippen LogP contribution in [0.4, 0.5) is 16.3 Å². The van der Waals surface area contributed by atoms with Crippen LogP contribution in [0.3, 0.4) is 0 Å². The number of fused-ring (bicyclic) bond motifs is 2. The van der Waals surface area contributed by atoms with Gasteiger partial charge in [-0.15, -0.1) is 0 Å². The molecule has 2 amide bonds. The Bertz CT molecular complexity index is 1620. The number of piperidine rings is 1. The first-order valence-corrected chi connectivity index (χ1v) is 14.5. The highest BCUT2D eigenvalue weighted by molar-refractivity contribution is 5.91. The number of nitrogens with one attached hydrogen (secondary N) is 2. The second-order valence-electron chi connectivity index (χ2n) is 10.9. The first-order valence-electron chi connectivity index (χ1n) is 14.5. The molecule has 4 heterocycles. The third kappa shape index (κ3) is 5.48. The molecule has 2 aromatic heterocycles. The SMILES string of the molecule is C=NCc1nc2c(C)cc(Oc3cc(N4CCC(N5CCc6cc(OC)ccc6NC5=O)CC4)ncc3CC)cc2[nH]1. The minimum atomic E-state index is -0.0316. The molecule has 10 heteroatoms. The minimum Gasteiger partial charge on any atom is -0.497 e. The van der Waals surface area contributed by atoms with Crippen LogP contribution in [0.2, 0.25) is 0 Å². The Morgan fingerprint density at radius 2 is 1.95 bits per heavy atom. The van der Waals surface area contributed by atoms with Gasteiger partial charge in [-0.1, -0.05) is 6.92 Å². The van der Waals surface area contributed by atoms with Gasteiger partial charge in [0.2, 0.25) is 0 Å². The molecule has 0 spiro atoms. The molecule has 4 aromatic rings. The predicted molar refractivity (Wildman–Crippen MR) is 165 cm³/mol. The van der Waals surface area contributed by atoms with E-state index in [2.05, 4.69) is 38.8 Å². The molecule has 2 N–H and O–H groups in total. The Labute approximate surface area is 245 Å². The van der Waals surface area contributed by atoms with Crippen molar-refractivity contribution in [1.29, 1.82) is 0 Å². The van der Waals surface area contributed by atoms with Gasteiger partial charge >= 0.3 is 6.03 Å². The Hall–Kier alpha value is -4.60. The topological polar surface area (TPSA) is 108 Å². The summed E-state index contributed by atoms with van der Waals surface area (Å²) in [5.74, 6) is 4.03. The normalized spacial score (nSPS) is 15.7. The van der Waals surface area contributed by atoms with Crippen molar-refractivity contribution in [3.8, 4) is 17.2 Å². The van der Waals surface area contributed by atoms with Crippen LogP contribution >= 0.6 is 0 Å². The molecule has 0 bridgehead atoms. The number of amides is 2. The molecule has 2 aromatic carbocycles. The van der Waals surface area contributed by atoms with Gasteiger partial charge in [0.05, 0.1) is 24.7 Å². The molecule has 2 aliphatic heterocycles. The number of pyridine rings is 1. The number of carbonyl (C=O) groups excluding carboxylic acids is 1. The number of H-pyrrole nitrogens is 1. The number of rotatable bonds is 8. The van der Waals surface area contributed by atoms with Crippen LogP contribution < -0.4 is 19.7 Å². The summed E-state index contributed by atoms with van der Waals surface area (Å²) in [6.07, 6.45) is 5.27. The second kappa shape index (κ2) is 11.7. The number of anilines is 2. The Morgan fingerprint density at radius 3 is 2.71 bits per heavy atom. The number of hydrogen-bond donors (Lipinski definition) is 2. The van der Waals surface area contributed by atoms with E-state index in [4.69, 9.17) is 14.5 Å². The van der Waals surface area contributed by atoms with Crippen LogP contribution in [0.15, 0.2) is 47.6 Å². The number of nitrogens with zero attached hydrogens (tertiary/aromatic N) is 5. The van der Waals surface area contributed by atoms with E-state index in [1.165, 1.54) is 0 Å². The molecule has 0 unspecified atom stereocenters. The summed E-state index contributed by atoms with van der Waals surface area (Å²) in [7, 11) is 1.66.